The smallest absolute Gasteiger partial charge is 0.306 e. The van der Waals surface area contributed by atoms with Gasteiger partial charge in [-0.05, 0) is 64.2 Å². The van der Waals surface area contributed by atoms with Crippen molar-refractivity contribution in [2.24, 2.45) is 0 Å². The quantitative estimate of drug-likeness (QED) is 0.0195. The highest BCUT2D eigenvalue weighted by atomic mass is 16.7. The van der Waals surface area contributed by atoms with Gasteiger partial charge in [0.1, 0.15) is 13.2 Å². The van der Waals surface area contributed by atoms with Crippen LogP contribution >= 0.6 is 0 Å². The Morgan fingerprint density at radius 2 is 0.689 bits per heavy atom. The van der Waals surface area contributed by atoms with Gasteiger partial charge in [-0.1, -0.05) is 263 Å². The highest BCUT2D eigenvalue weighted by molar-refractivity contribution is 5.70. The van der Waals surface area contributed by atoms with Gasteiger partial charge in [0.25, 0.3) is 0 Å². The van der Waals surface area contributed by atoms with E-state index in [2.05, 4.69) is 38.2 Å². The summed E-state index contributed by atoms with van der Waals surface area (Å²) in [6.07, 6.45) is 65.4. The normalized spacial score (nSPS) is 12.8. The third-order valence-electron chi connectivity index (χ3n) is 14.4. The van der Waals surface area contributed by atoms with Crippen LogP contribution in [0.25, 0.3) is 0 Å². The Bertz CT molecular complexity index is 1260. The molecule has 436 valence electrons. The van der Waals surface area contributed by atoms with Crippen molar-refractivity contribution in [3.63, 3.8) is 0 Å². The van der Waals surface area contributed by atoms with E-state index in [1.54, 1.807) is 0 Å². The topological polar surface area (TPSA) is 111 Å². The molecule has 0 N–H and O–H groups in total. The number of hydrogen-bond donors (Lipinski definition) is 0. The van der Waals surface area contributed by atoms with Crippen LogP contribution in [0.1, 0.15) is 316 Å². The second-order valence-corrected chi connectivity index (χ2v) is 23.0. The van der Waals surface area contributed by atoms with E-state index in [-0.39, 0.29) is 38.6 Å². The first-order chi connectivity index (χ1) is 36.1. The second-order valence-electron chi connectivity index (χ2n) is 23.0. The molecule has 0 amide bonds. The number of likely N-dealkylation sites (N-methyl/N-ethyl adjacent to an activating group) is 1. The number of ether oxygens (including phenoxy) is 4. The summed E-state index contributed by atoms with van der Waals surface area (Å²) in [4.78, 5) is 37.3. The third kappa shape index (κ3) is 57.5. The van der Waals surface area contributed by atoms with Crippen molar-refractivity contribution in [2.45, 2.75) is 328 Å². The highest BCUT2D eigenvalue weighted by Gasteiger charge is 2.22. The second kappa shape index (κ2) is 57.0. The van der Waals surface area contributed by atoms with E-state index in [0.29, 0.717) is 11.0 Å². The van der Waals surface area contributed by atoms with Gasteiger partial charge in [0.2, 0.25) is 0 Å². The third-order valence-corrected chi connectivity index (χ3v) is 14.4. The number of carbonyl (C=O) groups excluding carboxylic acids is 3. The van der Waals surface area contributed by atoms with Crippen LogP contribution in [0.3, 0.4) is 0 Å². The molecule has 2 atom stereocenters. The zero-order chi connectivity index (χ0) is 54.1. The van der Waals surface area contributed by atoms with Crippen LogP contribution in [-0.4, -0.2) is 82.3 Å². The highest BCUT2D eigenvalue weighted by Crippen LogP contribution is 2.18. The number of nitrogens with zero attached hydrogens (tertiary/aromatic N) is 1. The van der Waals surface area contributed by atoms with Gasteiger partial charge >= 0.3 is 11.9 Å². The molecule has 0 aromatic heterocycles. The number of carboxylic acids is 1. The fourth-order valence-electron chi connectivity index (χ4n) is 9.47. The van der Waals surface area contributed by atoms with Gasteiger partial charge in [0.05, 0.1) is 40.3 Å². The number of hydrogen-bond acceptors (Lipinski definition) is 8. The van der Waals surface area contributed by atoms with Crippen molar-refractivity contribution in [3.8, 4) is 0 Å². The van der Waals surface area contributed by atoms with E-state index >= 15 is 0 Å². The molecule has 0 fully saturated rings. The zero-order valence-corrected chi connectivity index (χ0v) is 49.7. The Kier molecular flexibility index (Phi) is 55.2. The van der Waals surface area contributed by atoms with Crippen molar-refractivity contribution in [3.05, 3.63) is 24.3 Å². The summed E-state index contributed by atoms with van der Waals surface area (Å²) in [6, 6.07) is 0. The maximum Gasteiger partial charge on any atom is 0.306 e. The first kappa shape index (κ1) is 71.8. The van der Waals surface area contributed by atoms with Gasteiger partial charge in [-0.15, -0.1) is 0 Å². The lowest BCUT2D eigenvalue weighted by molar-refractivity contribution is -0.870. The molecule has 0 bridgehead atoms. The van der Waals surface area contributed by atoms with Crippen LogP contribution in [0, 0.1) is 0 Å². The summed E-state index contributed by atoms with van der Waals surface area (Å²) in [6.45, 7) is 4.78. The van der Waals surface area contributed by atoms with E-state index in [1.807, 2.05) is 21.1 Å². The molecule has 9 nitrogen and oxygen atoms in total. The maximum atomic E-state index is 12.9. The average Bonchev–Trinajstić information content (AvgIpc) is 3.37. The van der Waals surface area contributed by atoms with Gasteiger partial charge in [0, 0.05) is 12.8 Å². The number of allylic oxidation sites excluding steroid dienone is 4. The lowest BCUT2D eigenvalue weighted by Crippen LogP contribution is -2.44. The number of carbonyl (C=O) groups is 3. The number of carboxylic acid groups (broad SMARTS) is 1. The number of aliphatic carboxylic acids is 1. The molecule has 74 heavy (non-hydrogen) atoms. The molecule has 0 spiro atoms. The maximum absolute atomic E-state index is 12.9. The first-order valence-electron chi connectivity index (χ1n) is 32.0. The predicted molar refractivity (Wildman–Crippen MR) is 311 cm³/mol. The molecule has 0 aliphatic carbocycles. The number of quaternary nitrogens is 1. The fraction of sp³-hybridized carbons (Fsp3) is 0.892. The van der Waals surface area contributed by atoms with E-state index in [1.165, 1.54) is 231 Å². The summed E-state index contributed by atoms with van der Waals surface area (Å²) >= 11 is 0. The van der Waals surface area contributed by atoms with Gasteiger partial charge in [-0.25, -0.2) is 0 Å². The predicted octanol–water partition coefficient (Wildman–Crippen LogP) is 17.7. The summed E-state index contributed by atoms with van der Waals surface area (Å²) < 4.78 is 22.7. The fourth-order valence-corrected chi connectivity index (χ4v) is 9.47. The van der Waals surface area contributed by atoms with Crippen LogP contribution in [0.2, 0.25) is 0 Å². The summed E-state index contributed by atoms with van der Waals surface area (Å²) in [5, 5.41) is 11.8. The molecule has 0 aromatic rings. The van der Waals surface area contributed by atoms with Crippen LogP contribution in [0.15, 0.2) is 24.3 Å². The molecule has 2 unspecified atom stereocenters. The Hall–Kier alpha value is -2.23. The summed E-state index contributed by atoms with van der Waals surface area (Å²) in [5.41, 5.74) is 0. The number of esters is 2. The van der Waals surface area contributed by atoms with Crippen LogP contribution in [-0.2, 0) is 33.3 Å². The minimum Gasteiger partial charge on any atom is -0.545 e. The number of unbranched alkanes of at least 4 members (excludes halogenated alkanes) is 41. The summed E-state index contributed by atoms with van der Waals surface area (Å²) in [7, 11) is 5.93. The van der Waals surface area contributed by atoms with Gasteiger partial charge in [-0.3, -0.25) is 9.59 Å². The molecule has 9 heteroatoms. The molecule has 0 saturated heterocycles. The van der Waals surface area contributed by atoms with Crippen molar-refractivity contribution in [1.29, 1.82) is 0 Å². The monoisotopic (exact) mass is 1050 g/mol. The van der Waals surface area contributed by atoms with Crippen molar-refractivity contribution >= 4 is 17.9 Å². The minimum absolute atomic E-state index is 0.149. The van der Waals surface area contributed by atoms with Crippen molar-refractivity contribution in [1.82, 2.24) is 0 Å². The van der Waals surface area contributed by atoms with Crippen molar-refractivity contribution < 1.29 is 42.9 Å². The SMILES string of the molecule is CCCCCCCCC/C=C\CCCCCCCC(=O)OCC(COC(OCC[N+](C)(C)C)C(=O)[O-])OC(=O)CCCCCCCCCCCCCCCCCCCCCCC/C=C\CCCCCCCCCC. The van der Waals surface area contributed by atoms with Gasteiger partial charge in [0.15, 0.2) is 12.4 Å². The first-order valence-corrected chi connectivity index (χ1v) is 32.0. The lowest BCUT2D eigenvalue weighted by Gasteiger charge is -2.26. The standard InChI is InChI=1S/C65H123NO8/c1-6-8-10-12-14-16-18-20-22-24-25-26-27-28-29-30-31-32-33-34-35-36-37-38-39-40-42-44-46-48-50-52-54-56-63(68)74-61(60-73-65(64(69)70)71-58-57-66(3,4)5)59-72-62(67)55-53-51-49-47-45-43-41-23-21-19-17-15-13-11-9-7-2/h23-25,41,61,65H,6-22,26-40,42-60H2,1-5H3/b25-24-,41-23-. The van der Waals surface area contributed by atoms with E-state index in [0.717, 1.165) is 57.8 Å². The number of rotatable bonds is 60. The molecule has 0 saturated carbocycles. The van der Waals surface area contributed by atoms with E-state index < -0.39 is 24.3 Å². The van der Waals surface area contributed by atoms with E-state index in [4.69, 9.17) is 18.9 Å². The molecule has 0 radical (unpaired) electrons. The molecule has 0 heterocycles. The van der Waals surface area contributed by atoms with E-state index in [9.17, 15) is 19.5 Å². The molecular weight excluding hydrogens is 923 g/mol. The van der Waals surface area contributed by atoms with Crippen LogP contribution < -0.4 is 5.11 Å². The lowest BCUT2D eigenvalue weighted by atomic mass is 10.0. The molecule has 0 aliphatic rings. The molecular formula is C65H123NO8. The Labute approximate surface area is 458 Å². The Balaban J connectivity index is 4.05. The minimum atomic E-state index is -1.62. The molecule has 0 aromatic carbocycles. The van der Waals surface area contributed by atoms with Crippen LogP contribution in [0.4, 0.5) is 0 Å². The van der Waals surface area contributed by atoms with Gasteiger partial charge in [-0.2, -0.15) is 0 Å². The molecule has 0 rings (SSSR count). The zero-order valence-electron chi connectivity index (χ0n) is 49.7. The molecule has 0 aliphatic heterocycles. The van der Waals surface area contributed by atoms with Gasteiger partial charge < -0.3 is 33.3 Å². The average molecular weight is 1050 g/mol. The van der Waals surface area contributed by atoms with Crippen LogP contribution in [0.5, 0.6) is 0 Å². The summed E-state index contributed by atoms with van der Waals surface area (Å²) in [5.74, 6) is -2.27. The Morgan fingerprint density at radius 3 is 1.00 bits per heavy atom. The largest absolute Gasteiger partial charge is 0.545 e. The Morgan fingerprint density at radius 1 is 0.392 bits per heavy atom. The van der Waals surface area contributed by atoms with Crippen molar-refractivity contribution in [2.75, 3.05) is 47.5 Å².